The molecule has 0 aliphatic heterocycles. The molecule has 0 unspecified atom stereocenters. The molecule has 0 aliphatic rings. The highest BCUT2D eigenvalue weighted by Crippen LogP contribution is 2.14. The van der Waals surface area contributed by atoms with Crippen LogP contribution in [0.5, 0.6) is 0 Å². The molecular formula is C18H16N4O3S. The Morgan fingerprint density at radius 3 is 2.54 bits per heavy atom. The summed E-state index contributed by atoms with van der Waals surface area (Å²) in [5.41, 5.74) is 5.40. The Bertz CT molecular complexity index is 983. The van der Waals surface area contributed by atoms with E-state index in [1.165, 1.54) is 11.3 Å². The molecule has 3 N–H and O–H groups in total. The number of aromatic nitrogens is 1. The number of carbonyl (C=O) groups excluding carboxylic acids is 3. The number of rotatable bonds is 4. The van der Waals surface area contributed by atoms with Crippen molar-refractivity contribution in [3.63, 3.8) is 0 Å². The van der Waals surface area contributed by atoms with E-state index in [-0.39, 0.29) is 18.1 Å². The Morgan fingerprint density at radius 1 is 0.962 bits per heavy atom. The second kappa shape index (κ2) is 7.75. The van der Waals surface area contributed by atoms with Gasteiger partial charge in [0.15, 0.2) is 0 Å². The van der Waals surface area contributed by atoms with Gasteiger partial charge >= 0.3 is 0 Å². The average molecular weight is 368 g/mol. The van der Waals surface area contributed by atoms with Gasteiger partial charge in [0.05, 0.1) is 16.9 Å². The predicted octanol–water partition coefficient (Wildman–Crippen LogP) is 1.80. The number of nitrogens with zero attached hydrogens (tertiary/aromatic N) is 1. The molecule has 2 aromatic heterocycles. The van der Waals surface area contributed by atoms with Crippen molar-refractivity contribution in [2.24, 2.45) is 0 Å². The summed E-state index contributed by atoms with van der Waals surface area (Å²) < 4.78 is 0. The first kappa shape index (κ1) is 17.6. The Labute approximate surface area is 153 Å². The van der Waals surface area contributed by atoms with Gasteiger partial charge in [-0.2, -0.15) is 0 Å². The Morgan fingerprint density at radius 2 is 1.77 bits per heavy atom. The van der Waals surface area contributed by atoms with Crippen LogP contribution >= 0.6 is 11.3 Å². The molecule has 8 heteroatoms. The molecule has 26 heavy (non-hydrogen) atoms. The highest BCUT2D eigenvalue weighted by molar-refractivity contribution is 7.13. The van der Waals surface area contributed by atoms with Gasteiger partial charge in [0, 0.05) is 10.3 Å². The largest absolute Gasteiger partial charge is 0.342 e. The summed E-state index contributed by atoms with van der Waals surface area (Å²) in [6.45, 7) is 1.64. The Balaban J connectivity index is 1.50. The third-order valence-electron chi connectivity index (χ3n) is 3.52. The molecule has 0 radical (unpaired) electrons. The molecule has 0 spiro atoms. The third-order valence-corrected chi connectivity index (χ3v) is 4.52. The van der Waals surface area contributed by atoms with Gasteiger partial charge in [-0.1, -0.05) is 24.3 Å². The lowest BCUT2D eigenvalue weighted by Gasteiger charge is -2.08. The number of amides is 3. The number of hydrogen-bond acceptors (Lipinski definition) is 5. The van der Waals surface area contributed by atoms with E-state index < -0.39 is 11.8 Å². The van der Waals surface area contributed by atoms with Crippen LogP contribution in [-0.4, -0.2) is 29.3 Å². The van der Waals surface area contributed by atoms with Gasteiger partial charge in [0.25, 0.3) is 17.7 Å². The summed E-state index contributed by atoms with van der Waals surface area (Å²) in [5, 5.41) is 3.41. The summed E-state index contributed by atoms with van der Waals surface area (Å²) in [5.74, 6) is -1.41. The first-order chi connectivity index (χ1) is 12.5. The van der Waals surface area contributed by atoms with Crippen molar-refractivity contribution in [1.82, 2.24) is 21.2 Å². The maximum Gasteiger partial charge on any atom is 0.288 e. The minimum absolute atomic E-state index is 0.182. The molecule has 0 aliphatic carbocycles. The molecule has 0 bridgehead atoms. The average Bonchev–Trinajstić information content (AvgIpc) is 3.10. The number of hydrazine groups is 1. The lowest BCUT2D eigenvalue weighted by molar-refractivity contribution is -0.120. The highest BCUT2D eigenvalue weighted by Gasteiger charge is 2.12. The number of para-hydroxylation sites is 1. The second-order valence-electron chi connectivity index (χ2n) is 5.48. The van der Waals surface area contributed by atoms with Crippen molar-refractivity contribution in [2.75, 3.05) is 6.54 Å². The summed E-state index contributed by atoms with van der Waals surface area (Å²) in [6, 6.07) is 14.3. The van der Waals surface area contributed by atoms with Crippen LogP contribution in [-0.2, 0) is 4.79 Å². The van der Waals surface area contributed by atoms with Crippen molar-refractivity contribution in [1.29, 1.82) is 0 Å². The summed E-state index contributed by atoms with van der Waals surface area (Å²) in [6.07, 6.45) is 0. The maximum atomic E-state index is 12.1. The summed E-state index contributed by atoms with van der Waals surface area (Å²) in [4.78, 5) is 41.5. The first-order valence-corrected chi connectivity index (χ1v) is 8.64. The minimum Gasteiger partial charge on any atom is -0.342 e. The number of thiophene rings is 1. The van der Waals surface area contributed by atoms with Gasteiger partial charge in [-0.25, -0.2) is 4.98 Å². The Kier molecular flexibility index (Phi) is 5.23. The van der Waals surface area contributed by atoms with Crippen LogP contribution in [0.25, 0.3) is 10.9 Å². The van der Waals surface area contributed by atoms with E-state index in [0.29, 0.717) is 10.4 Å². The monoisotopic (exact) mass is 368 g/mol. The van der Waals surface area contributed by atoms with Crippen LogP contribution in [0, 0.1) is 6.92 Å². The molecule has 3 aromatic rings. The number of pyridine rings is 1. The quantitative estimate of drug-likeness (QED) is 0.611. The van der Waals surface area contributed by atoms with Crippen molar-refractivity contribution in [3.05, 3.63) is 64.0 Å². The zero-order chi connectivity index (χ0) is 18.5. The number of carbonyl (C=O) groups is 3. The standard InChI is InChI=1S/C18H16N4O3S/c1-11-6-9-15(26-11)18(25)19-10-16(23)21-22-17(24)14-8-7-12-4-2-3-5-13(12)20-14/h2-9H,10H2,1H3,(H,19,25)(H,21,23)(H,22,24). The lowest BCUT2D eigenvalue weighted by Crippen LogP contribution is -2.46. The van der Waals surface area contributed by atoms with E-state index in [2.05, 4.69) is 21.2 Å². The lowest BCUT2D eigenvalue weighted by atomic mass is 10.2. The minimum atomic E-state index is -0.541. The van der Waals surface area contributed by atoms with Crippen LogP contribution in [0.1, 0.15) is 25.0 Å². The van der Waals surface area contributed by atoms with Gasteiger partial charge in [-0.05, 0) is 31.2 Å². The van der Waals surface area contributed by atoms with Crippen molar-refractivity contribution >= 4 is 40.0 Å². The summed E-state index contributed by atoms with van der Waals surface area (Å²) >= 11 is 1.34. The van der Waals surface area contributed by atoms with E-state index in [9.17, 15) is 14.4 Å². The van der Waals surface area contributed by atoms with Crippen molar-refractivity contribution < 1.29 is 14.4 Å². The first-order valence-electron chi connectivity index (χ1n) is 7.82. The van der Waals surface area contributed by atoms with E-state index in [4.69, 9.17) is 0 Å². The number of benzene rings is 1. The molecule has 0 atom stereocenters. The highest BCUT2D eigenvalue weighted by atomic mass is 32.1. The number of nitrogens with one attached hydrogen (secondary N) is 3. The fourth-order valence-corrected chi connectivity index (χ4v) is 3.02. The van der Waals surface area contributed by atoms with E-state index >= 15 is 0 Å². The van der Waals surface area contributed by atoms with Gasteiger partial charge in [0.2, 0.25) is 0 Å². The molecule has 0 saturated carbocycles. The third kappa shape index (κ3) is 4.22. The number of fused-ring (bicyclic) bond motifs is 1. The molecule has 1 aromatic carbocycles. The zero-order valence-electron chi connectivity index (χ0n) is 13.9. The molecule has 0 fully saturated rings. The van der Waals surface area contributed by atoms with Gasteiger partial charge < -0.3 is 5.32 Å². The zero-order valence-corrected chi connectivity index (χ0v) is 14.7. The van der Waals surface area contributed by atoms with E-state index in [0.717, 1.165) is 10.3 Å². The van der Waals surface area contributed by atoms with E-state index in [1.807, 2.05) is 31.2 Å². The van der Waals surface area contributed by atoms with Gasteiger partial charge in [-0.15, -0.1) is 11.3 Å². The van der Waals surface area contributed by atoms with Crippen LogP contribution in [0.3, 0.4) is 0 Å². The predicted molar refractivity (Wildman–Crippen MR) is 98.7 cm³/mol. The fourth-order valence-electron chi connectivity index (χ4n) is 2.23. The van der Waals surface area contributed by atoms with Crippen LogP contribution in [0.15, 0.2) is 48.5 Å². The van der Waals surface area contributed by atoms with Crippen LogP contribution in [0.2, 0.25) is 0 Å². The Hall–Kier alpha value is -3.26. The summed E-state index contributed by atoms with van der Waals surface area (Å²) in [7, 11) is 0. The van der Waals surface area contributed by atoms with Gasteiger partial charge in [-0.3, -0.25) is 25.2 Å². The molecule has 3 amide bonds. The maximum absolute atomic E-state index is 12.1. The van der Waals surface area contributed by atoms with Crippen LogP contribution < -0.4 is 16.2 Å². The molecule has 7 nitrogen and oxygen atoms in total. The van der Waals surface area contributed by atoms with Crippen molar-refractivity contribution in [3.8, 4) is 0 Å². The smallest absolute Gasteiger partial charge is 0.288 e. The molecule has 2 heterocycles. The normalized spacial score (nSPS) is 10.3. The molecule has 0 saturated heterocycles. The number of aryl methyl sites for hydroxylation is 1. The van der Waals surface area contributed by atoms with Crippen LogP contribution in [0.4, 0.5) is 0 Å². The SMILES string of the molecule is Cc1ccc(C(=O)NCC(=O)NNC(=O)c2ccc3ccccc3n2)s1. The van der Waals surface area contributed by atoms with Crippen molar-refractivity contribution in [2.45, 2.75) is 6.92 Å². The molecule has 132 valence electrons. The van der Waals surface area contributed by atoms with E-state index in [1.54, 1.807) is 24.3 Å². The number of hydrogen-bond donors (Lipinski definition) is 3. The molecule has 3 rings (SSSR count). The topological polar surface area (TPSA) is 100 Å². The van der Waals surface area contributed by atoms with Gasteiger partial charge in [0.1, 0.15) is 5.69 Å². The fraction of sp³-hybridized carbons (Fsp3) is 0.111. The second-order valence-corrected chi connectivity index (χ2v) is 6.77. The molecular weight excluding hydrogens is 352 g/mol.